The van der Waals surface area contributed by atoms with E-state index in [1.807, 2.05) is 73.0 Å². The maximum absolute atomic E-state index is 13.8. The van der Waals surface area contributed by atoms with Crippen molar-refractivity contribution in [2.45, 2.75) is 70.9 Å². The molecule has 17 nitrogen and oxygen atoms in total. The van der Waals surface area contributed by atoms with E-state index in [9.17, 15) is 18.0 Å². The molecule has 0 radical (unpaired) electrons. The molecule has 20 heteroatoms. The van der Waals surface area contributed by atoms with Gasteiger partial charge >= 0.3 is 0 Å². The summed E-state index contributed by atoms with van der Waals surface area (Å²) in [4.78, 5) is 32.3. The van der Waals surface area contributed by atoms with Crippen LogP contribution >= 0.6 is 22.9 Å². The number of Topliss-reactive ketones (excluding diaryl/α,β-unsaturated/α-hetero) is 1. The number of fused-ring (bicyclic) bond motifs is 4. The minimum Gasteiger partial charge on any atom is -0.494 e. The molecule has 378 valence electrons. The Morgan fingerprint density at radius 1 is 0.889 bits per heavy atom. The number of aryl methyl sites for hydroxylation is 4. The average Bonchev–Trinajstić information content (AvgIpc) is 4.00. The van der Waals surface area contributed by atoms with Crippen molar-refractivity contribution >= 4 is 61.4 Å². The molecule has 7 aromatic rings. The molecule has 1 amide bonds. The van der Waals surface area contributed by atoms with Gasteiger partial charge in [-0.05, 0) is 111 Å². The maximum Gasteiger partial charge on any atom is 0.243 e. The lowest BCUT2D eigenvalue weighted by atomic mass is 9.85. The second-order valence-electron chi connectivity index (χ2n) is 17.7. The van der Waals surface area contributed by atoms with Gasteiger partial charge in [0.25, 0.3) is 0 Å². The van der Waals surface area contributed by atoms with Crippen LogP contribution in [0.1, 0.15) is 87.2 Å². The van der Waals surface area contributed by atoms with Crippen LogP contribution in [0.15, 0.2) is 88.8 Å². The third-order valence-electron chi connectivity index (χ3n) is 12.7. The minimum absolute atomic E-state index is 0.0105. The molecule has 1 aliphatic heterocycles. The molecule has 4 heterocycles. The van der Waals surface area contributed by atoms with E-state index < -0.39 is 16.1 Å². The van der Waals surface area contributed by atoms with Crippen LogP contribution < -0.4 is 14.8 Å². The summed E-state index contributed by atoms with van der Waals surface area (Å²) >= 11 is 7.90. The van der Waals surface area contributed by atoms with Crippen molar-refractivity contribution in [2.24, 2.45) is 12.0 Å². The first kappa shape index (κ1) is 52.0. The molecule has 1 N–H and O–H groups in total. The maximum atomic E-state index is 13.8. The van der Waals surface area contributed by atoms with Gasteiger partial charge in [-0.2, -0.15) is 4.31 Å². The standard InChI is InChI=1S/C52H58ClN9O8S2/c1-31-9-10-37(43(25-32(2)63)38-27-44-50(46(28-38)67-8)61(7)59-57-44)26-39(31)30-60(6)72(65,66)42-17-15-41(16-18-42)70-24-23-69-22-21-68-20-19-54-47(64)29-45-51-58-56-35(5)62(51)52-48(33(3)34(4)71-52)49(55-45)36-11-13-40(53)14-12-36/h9-18,26-28,43,45H,19-25,29-30H2,1-8H3,(H,54,64)/t43?,45-/m0/s1. The highest BCUT2D eigenvalue weighted by Gasteiger charge is 2.33. The van der Waals surface area contributed by atoms with Crippen LogP contribution in [0.3, 0.4) is 0 Å². The molecule has 8 rings (SSSR count). The topological polar surface area (TPSA) is 194 Å². The monoisotopic (exact) mass is 1040 g/mol. The number of ketones is 1. The zero-order chi connectivity index (χ0) is 51.3. The van der Waals surface area contributed by atoms with Gasteiger partial charge in [0.1, 0.15) is 51.8 Å². The number of nitrogens with zero attached hydrogens (tertiary/aromatic N) is 8. The Kier molecular flexibility index (Phi) is 16.3. The molecule has 72 heavy (non-hydrogen) atoms. The number of sulfonamides is 1. The zero-order valence-electron chi connectivity index (χ0n) is 41.6. The molecule has 0 saturated heterocycles. The number of rotatable bonds is 22. The molecule has 3 aromatic heterocycles. The fourth-order valence-electron chi connectivity index (χ4n) is 8.72. The summed E-state index contributed by atoms with van der Waals surface area (Å²) in [6.45, 7) is 11.4. The average molecular weight is 1040 g/mol. The Morgan fingerprint density at radius 2 is 1.61 bits per heavy atom. The highest BCUT2D eigenvalue weighted by molar-refractivity contribution is 7.89. The lowest BCUT2D eigenvalue weighted by Gasteiger charge is -2.22. The molecule has 0 bridgehead atoms. The fraction of sp³-hybridized carbons (Fsp3) is 0.365. The Labute approximate surface area is 428 Å². The number of thiophene rings is 1. The second kappa shape index (κ2) is 22.6. The van der Waals surface area contributed by atoms with Crippen LogP contribution in [-0.4, -0.2) is 114 Å². The highest BCUT2D eigenvalue weighted by Crippen LogP contribution is 2.40. The number of ether oxygens (including phenoxy) is 4. The summed E-state index contributed by atoms with van der Waals surface area (Å²) in [6, 6.07) is 23.0. The van der Waals surface area contributed by atoms with Gasteiger partial charge in [0.15, 0.2) is 5.82 Å². The number of halogens is 1. The van der Waals surface area contributed by atoms with Crippen molar-refractivity contribution < 1.29 is 37.0 Å². The first-order chi connectivity index (χ1) is 34.5. The van der Waals surface area contributed by atoms with Gasteiger partial charge in [0.2, 0.25) is 15.9 Å². The highest BCUT2D eigenvalue weighted by atomic mass is 35.5. The molecule has 1 aliphatic rings. The number of carbonyl (C=O) groups excluding carboxylic acids is 2. The van der Waals surface area contributed by atoms with Crippen LogP contribution in [0.25, 0.3) is 16.0 Å². The number of aromatic nitrogens is 6. The van der Waals surface area contributed by atoms with Crippen molar-refractivity contribution in [3.63, 3.8) is 0 Å². The minimum atomic E-state index is -3.88. The molecule has 0 fully saturated rings. The van der Waals surface area contributed by atoms with Gasteiger partial charge in [-0.25, -0.2) is 13.1 Å². The van der Waals surface area contributed by atoms with Crippen molar-refractivity contribution in [2.75, 3.05) is 53.7 Å². The number of amides is 1. The Bertz CT molecular complexity index is 3240. The number of carbonyl (C=O) groups is 2. The first-order valence-corrected chi connectivity index (χ1v) is 26.1. The number of hydrogen-bond acceptors (Lipinski definition) is 14. The summed E-state index contributed by atoms with van der Waals surface area (Å²) < 4.78 is 55.5. The zero-order valence-corrected chi connectivity index (χ0v) is 44.0. The summed E-state index contributed by atoms with van der Waals surface area (Å²) in [7, 11) is 1.05. The Balaban J connectivity index is 0.775. The second-order valence-corrected chi connectivity index (χ2v) is 21.4. The molecular weight excluding hydrogens is 978 g/mol. The molecule has 1 unspecified atom stereocenters. The van der Waals surface area contributed by atoms with Crippen molar-refractivity contribution in [3.8, 4) is 16.5 Å². The number of nitrogens with one attached hydrogen (secondary N) is 1. The van der Waals surface area contributed by atoms with E-state index in [1.54, 1.807) is 56.3 Å². The van der Waals surface area contributed by atoms with Crippen molar-refractivity contribution in [3.05, 3.63) is 139 Å². The van der Waals surface area contributed by atoms with Crippen LogP contribution in [0.4, 0.5) is 0 Å². The summed E-state index contributed by atoms with van der Waals surface area (Å²) in [5.41, 5.74) is 8.65. The van der Waals surface area contributed by atoms with Crippen LogP contribution in [0.5, 0.6) is 11.5 Å². The van der Waals surface area contributed by atoms with Crippen LogP contribution in [-0.2, 0) is 42.7 Å². The van der Waals surface area contributed by atoms with Gasteiger partial charge in [-0.3, -0.25) is 19.1 Å². The molecule has 0 saturated carbocycles. The number of aliphatic imine (C=N–C) groups is 1. The smallest absolute Gasteiger partial charge is 0.243 e. The lowest BCUT2D eigenvalue weighted by molar-refractivity contribution is -0.121. The number of benzene rings is 4. The van der Waals surface area contributed by atoms with Gasteiger partial charge in [-0.15, -0.1) is 26.6 Å². The summed E-state index contributed by atoms with van der Waals surface area (Å²) in [5, 5.41) is 21.8. The van der Waals surface area contributed by atoms with E-state index in [2.05, 4.69) is 39.7 Å². The van der Waals surface area contributed by atoms with Gasteiger partial charge in [-0.1, -0.05) is 47.1 Å². The molecule has 0 spiro atoms. The van der Waals surface area contributed by atoms with Crippen molar-refractivity contribution in [1.82, 2.24) is 39.4 Å². The van der Waals surface area contributed by atoms with E-state index in [-0.39, 0.29) is 61.7 Å². The Hall–Kier alpha value is -6.35. The van der Waals surface area contributed by atoms with Crippen LogP contribution in [0, 0.1) is 27.7 Å². The third-order valence-corrected chi connectivity index (χ3v) is 15.9. The number of methoxy groups -OCH3 is 1. The normalized spacial score (nSPS) is 13.9. The number of hydrogen-bond donors (Lipinski definition) is 1. The van der Waals surface area contributed by atoms with Gasteiger partial charge < -0.3 is 24.3 Å². The Morgan fingerprint density at radius 3 is 2.33 bits per heavy atom. The third kappa shape index (κ3) is 11.5. The van der Waals surface area contributed by atoms with E-state index in [0.717, 1.165) is 61.0 Å². The van der Waals surface area contributed by atoms with Gasteiger partial charge in [0.05, 0.1) is 50.6 Å². The molecule has 4 aromatic carbocycles. The summed E-state index contributed by atoms with van der Waals surface area (Å²) in [6.07, 6.45) is 0.310. The summed E-state index contributed by atoms with van der Waals surface area (Å²) in [5.74, 6) is 1.93. The molecular formula is C52H58ClN9O8S2. The van der Waals surface area contributed by atoms with E-state index in [0.29, 0.717) is 47.6 Å². The van der Waals surface area contributed by atoms with Crippen LogP contribution in [0.2, 0.25) is 5.02 Å². The molecule has 2 atom stereocenters. The lowest BCUT2D eigenvalue weighted by Crippen LogP contribution is -2.29. The van der Waals surface area contributed by atoms with E-state index in [1.165, 1.54) is 21.3 Å². The quantitative estimate of drug-likeness (QED) is 0.0645. The van der Waals surface area contributed by atoms with Crippen molar-refractivity contribution in [1.29, 1.82) is 0 Å². The van der Waals surface area contributed by atoms with E-state index in [4.69, 9.17) is 35.5 Å². The fourth-order valence-corrected chi connectivity index (χ4v) is 11.2. The van der Waals surface area contributed by atoms with E-state index >= 15 is 0 Å². The predicted octanol–water partition coefficient (Wildman–Crippen LogP) is 7.95. The first-order valence-electron chi connectivity index (χ1n) is 23.5. The van der Waals surface area contributed by atoms with Gasteiger partial charge in [0, 0.05) is 60.6 Å². The SMILES string of the molecule is COc1cc(C(CC(C)=O)c2ccc(C)c(CN(C)S(=O)(=O)c3ccc(OCCOCCOCCNC(=O)C[C@@H]4N=C(c5ccc(Cl)cc5)c5c(sc(C)c5C)-n5c(C)nnc54)cc3)c2)cc2nnn(C)c12. The molecule has 0 aliphatic carbocycles. The predicted molar refractivity (Wildman–Crippen MR) is 277 cm³/mol. The largest absolute Gasteiger partial charge is 0.494 e.